The largest absolute Gasteiger partial charge is 0.508 e. The summed E-state index contributed by atoms with van der Waals surface area (Å²) in [7, 11) is 0. The summed E-state index contributed by atoms with van der Waals surface area (Å²) in [6, 6.07) is 21.1. The summed E-state index contributed by atoms with van der Waals surface area (Å²) in [5, 5.41) is 20.8. The van der Waals surface area contributed by atoms with Crippen molar-refractivity contribution in [2.45, 2.75) is 19.3 Å². The van der Waals surface area contributed by atoms with Gasteiger partial charge in [-0.3, -0.25) is 4.90 Å². The van der Waals surface area contributed by atoms with E-state index in [-0.39, 0.29) is 23.9 Å². The number of benzene rings is 3. The standard InChI is InChI=1S/C27H27NO3S.ClH/c29-21-8-4-20(5-9-21)27-26(24-13-10-22(30)18-25(24)32-27)19-6-11-23(12-7-19)31-17-16-28-14-2-1-3-15-28;/h4-13,18,29-30H,1-3,14-17H2;1H. The number of thiophene rings is 1. The SMILES string of the molecule is Cl.Oc1ccc(-c2sc3cc(O)ccc3c2-c2ccc(OCCN3CCCCC3)cc2)cc1. The van der Waals surface area contributed by atoms with Crippen molar-refractivity contribution < 1.29 is 14.9 Å². The van der Waals surface area contributed by atoms with Gasteiger partial charge in [0, 0.05) is 27.1 Å². The number of fused-ring (bicyclic) bond motifs is 1. The summed E-state index contributed by atoms with van der Waals surface area (Å²) in [4.78, 5) is 3.60. The normalized spacial score (nSPS) is 14.2. The Hall–Kier alpha value is -2.73. The lowest BCUT2D eigenvalue weighted by Gasteiger charge is -2.26. The molecule has 1 saturated heterocycles. The first-order valence-corrected chi connectivity index (χ1v) is 12.0. The van der Waals surface area contributed by atoms with Crippen LogP contribution in [0.3, 0.4) is 0 Å². The fourth-order valence-corrected chi connectivity index (χ4v) is 5.64. The van der Waals surface area contributed by atoms with Crippen molar-refractivity contribution in [3.63, 3.8) is 0 Å². The van der Waals surface area contributed by atoms with Crippen molar-refractivity contribution in [1.82, 2.24) is 4.90 Å². The number of hydrogen-bond donors (Lipinski definition) is 2. The second-order valence-corrected chi connectivity index (χ2v) is 9.36. The van der Waals surface area contributed by atoms with Crippen molar-refractivity contribution in [2.75, 3.05) is 26.2 Å². The van der Waals surface area contributed by atoms with Crippen LogP contribution in [0.5, 0.6) is 17.2 Å². The third-order valence-corrected chi connectivity index (χ3v) is 7.27. The van der Waals surface area contributed by atoms with Crippen LogP contribution < -0.4 is 4.74 Å². The Balaban J connectivity index is 0.00000259. The first kappa shape index (κ1) is 23.4. The lowest BCUT2D eigenvalue weighted by Crippen LogP contribution is -2.33. The van der Waals surface area contributed by atoms with Gasteiger partial charge in [-0.25, -0.2) is 0 Å². The van der Waals surface area contributed by atoms with Crippen LogP contribution in [0, 0.1) is 0 Å². The molecule has 1 aromatic heterocycles. The lowest BCUT2D eigenvalue weighted by molar-refractivity contribution is 0.183. The van der Waals surface area contributed by atoms with Crippen LogP contribution >= 0.6 is 23.7 Å². The smallest absolute Gasteiger partial charge is 0.119 e. The Kier molecular flexibility index (Phi) is 7.43. The van der Waals surface area contributed by atoms with E-state index in [2.05, 4.69) is 17.0 Å². The molecule has 5 rings (SSSR count). The fraction of sp³-hybridized carbons (Fsp3) is 0.259. The molecule has 0 unspecified atom stereocenters. The highest BCUT2D eigenvalue weighted by Crippen LogP contribution is 2.46. The molecule has 1 aliphatic heterocycles. The van der Waals surface area contributed by atoms with Gasteiger partial charge in [0.25, 0.3) is 0 Å². The molecule has 0 atom stereocenters. The highest BCUT2D eigenvalue weighted by Gasteiger charge is 2.16. The van der Waals surface area contributed by atoms with E-state index >= 15 is 0 Å². The molecular weight excluding hydrogens is 454 g/mol. The maximum absolute atomic E-state index is 9.97. The van der Waals surface area contributed by atoms with Gasteiger partial charge in [0.05, 0.1) is 0 Å². The van der Waals surface area contributed by atoms with Gasteiger partial charge in [-0.15, -0.1) is 23.7 Å². The Morgan fingerprint density at radius 1 is 0.788 bits per heavy atom. The number of rotatable bonds is 6. The maximum Gasteiger partial charge on any atom is 0.119 e. The summed E-state index contributed by atoms with van der Waals surface area (Å²) in [6.07, 6.45) is 3.94. The van der Waals surface area contributed by atoms with Crippen LogP contribution in [-0.4, -0.2) is 41.4 Å². The molecule has 0 spiro atoms. The number of likely N-dealkylation sites (tertiary alicyclic amines) is 1. The van der Waals surface area contributed by atoms with Crippen LogP contribution in [0.25, 0.3) is 31.7 Å². The molecule has 2 N–H and O–H groups in total. The van der Waals surface area contributed by atoms with Gasteiger partial charge in [-0.2, -0.15) is 0 Å². The zero-order chi connectivity index (χ0) is 21.9. The van der Waals surface area contributed by atoms with Crippen molar-refractivity contribution in [3.8, 4) is 38.8 Å². The van der Waals surface area contributed by atoms with Gasteiger partial charge in [0.15, 0.2) is 0 Å². The highest BCUT2D eigenvalue weighted by atomic mass is 35.5. The third-order valence-electron chi connectivity index (χ3n) is 6.07. The zero-order valence-corrected chi connectivity index (χ0v) is 20.0. The van der Waals surface area contributed by atoms with E-state index in [0.717, 1.165) is 43.9 Å². The van der Waals surface area contributed by atoms with Crippen LogP contribution in [0.15, 0.2) is 66.7 Å². The minimum Gasteiger partial charge on any atom is -0.508 e. The van der Waals surface area contributed by atoms with Crippen molar-refractivity contribution in [2.24, 2.45) is 0 Å². The maximum atomic E-state index is 9.97. The molecule has 0 saturated carbocycles. The molecule has 0 bridgehead atoms. The zero-order valence-electron chi connectivity index (χ0n) is 18.4. The van der Waals surface area contributed by atoms with E-state index in [9.17, 15) is 10.2 Å². The van der Waals surface area contributed by atoms with E-state index in [0.29, 0.717) is 6.61 Å². The summed E-state index contributed by atoms with van der Waals surface area (Å²) >= 11 is 1.65. The number of piperidine rings is 1. The topological polar surface area (TPSA) is 52.9 Å². The minimum absolute atomic E-state index is 0. The molecule has 4 aromatic rings. The molecule has 0 aliphatic carbocycles. The first-order chi connectivity index (χ1) is 15.7. The molecule has 0 radical (unpaired) electrons. The molecule has 1 aliphatic rings. The molecular formula is C27H28ClNO3S. The summed E-state index contributed by atoms with van der Waals surface area (Å²) in [6.45, 7) is 4.05. The Morgan fingerprint density at radius 2 is 1.45 bits per heavy atom. The number of ether oxygens (including phenoxy) is 1. The van der Waals surface area contributed by atoms with E-state index in [4.69, 9.17) is 4.74 Å². The van der Waals surface area contributed by atoms with Crippen LogP contribution in [0.4, 0.5) is 0 Å². The fourth-order valence-electron chi connectivity index (χ4n) is 4.38. The van der Waals surface area contributed by atoms with Gasteiger partial charge in [0.1, 0.15) is 23.9 Å². The second kappa shape index (κ2) is 10.5. The van der Waals surface area contributed by atoms with Crippen molar-refractivity contribution >= 4 is 33.8 Å². The Morgan fingerprint density at radius 3 is 2.18 bits per heavy atom. The highest BCUT2D eigenvalue weighted by molar-refractivity contribution is 7.23. The monoisotopic (exact) mass is 481 g/mol. The van der Waals surface area contributed by atoms with E-state index < -0.39 is 0 Å². The lowest BCUT2D eigenvalue weighted by atomic mass is 9.98. The van der Waals surface area contributed by atoms with E-state index in [1.165, 1.54) is 32.4 Å². The van der Waals surface area contributed by atoms with Gasteiger partial charge in [-0.1, -0.05) is 18.6 Å². The second-order valence-electron chi connectivity index (χ2n) is 8.31. The number of aromatic hydroxyl groups is 2. The van der Waals surface area contributed by atoms with Crippen LogP contribution in [0.2, 0.25) is 0 Å². The number of hydrogen-bond acceptors (Lipinski definition) is 5. The average molecular weight is 482 g/mol. The Labute approximate surface area is 204 Å². The molecule has 3 aromatic carbocycles. The number of nitrogens with zero attached hydrogens (tertiary/aromatic N) is 1. The van der Waals surface area contributed by atoms with Crippen LogP contribution in [0.1, 0.15) is 19.3 Å². The molecule has 33 heavy (non-hydrogen) atoms. The molecule has 2 heterocycles. The average Bonchev–Trinajstić information content (AvgIpc) is 3.19. The molecule has 4 nitrogen and oxygen atoms in total. The molecule has 0 amide bonds. The van der Waals surface area contributed by atoms with Crippen LogP contribution in [-0.2, 0) is 0 Å². The predicted molar refractivity (Wildman–Crippen MR) is 139 cm³/mol. The van der Waals surface area contributed by atoms with Crippen molar-refractivity contribution in [1.29, 1.82) is 0 Å². The minimum atomic E-state index is 0. The summed E-state index contributed by atoms with van der Waals surface area (Å²) < 4.78 is 7.04. The van der Waals surface area contributed by atoms with E-state index in [1.807, 2.05) is 36.4 Å². The number of halogens is 1. The molecule has 1 fully saturated rings. The number of phenols is 2. The molecule has 172 valence electrons. The summed E-state index contributed by atoms with van der Waals surface area (Å²) in [5.41, 5.74) is 3.28. The van der Waals surface area contributed by atoms with Gasteiger partial charge >= 0.3 is 0 Å². The van der Waals surface area contributed by atoms with Gasteiger partial charge in [0.2, 0.25) is 0 Å². The molecule has 6 heteroatoms. The Bertz CT molecular complexity index is 1200. The van der Waals surface area contributed by atoms with Gasteiger partial charge < -0.3 is 14.9 Å². The quantitative estimate of drug-likeness (QED) is 0.313. The third kappa shape index (κ3) is 5.27. The van der Waals surface area contributed by atoms with E-state index in [1.54, 1.807) is 29.5 Å². The predicted octanol–water partition coefficient (Wildman–Crippen LogP) is 6.93. The summed E-state index contributed by atoms with van der Waals surface area (Å²) in [5.74, 6) is 1.40. The van der Waals surface area contributed by atoms with Crippen molar-refractivity contribution in [3.05, 3.63) is 66.7 Å². The van der Waals surface area contributed by atoms with Gasteiger partial charge in [-0.05, 0) is 91.7 Å². The number of phenolic OH excluding ortho intramolecular Hbond substituents is 2. The first-order valence-electron chi connectivity index (χ1n) is 11.2.